The fourth-order valence-corrected chi connectivity index (χ4v) is 4.79. The summed E-state index contributed by atoms with van der Waals surface area (Å²) in [4.78, 5) is 14.9. The molecule has 1 amide bonds. The molecule has 8 heteroatoms. The van der Waals surface area contributed by atoms with E-state index < -0.39 is 10.0 Å². The van der Waals surface area contributed by atoms with Gasteiger partial charge in [-0.25, -0.2) is 13.1 Å². The van der Waals surface area contributed by atoms with Gasteiger partial charge in [-0.3, -0.25) is 4.79 Å². The minimum Gasteiger partial charge on any atom is -0.370 e. The van der Waals surface area contributed by atoms with E-state index in [0.29, 0.717) is 29.9 Å². The van der Waals surface area contributed by atoms with E-state index in [-0.39, 0.29) is 10.8 Å². The summed E-state index contributed by atoms with van der Waals surface area (Å²) in [5.74, 6) is -0.345. The number of sulfonamides is 1. The zero-order valence-electron chi connectivity index (χ0n) is 15.7. The summed E-state index contributed by atoms with van der Waals surface area (Å²) in [5, 5.41) is 2.81. The largest absolute Gasteiger partial charge is 0.370 e. The van der Waals surface area contributed by atoms with Gasteiger partial charge in [-0.2, -0.15) is 0 Å². The van der Waals surface area contributed by atoms with Crippen molar-refractivity contribution in [2.75, 3.05) is 29.9 Å². The van der Waals surface area contributed by atoms with Crippen LogP contribution >= 0.6 is 15.9 Å². The van der Waals surface area contributed by atoms with Crippen LogP contribution in [-0.2, 0) is 10.0 Å². The van der Waals surface area contributed by atoms with Crippen LogP contribution in [0.25, 0.3) is 0 Å². The van der Waals surface area contributed by atoms with Crippen LogP contribution in [0.15, 0.2) is 51.8 Å². The van der Waals surface area contributed by atoms with E-state index in [0.717, 1.165) is 30.4 Å². The summed E-state index contributed by atoms with van der Waals surface area (Å²) in [7, 11) is -3.70. The molecule has 1 aliphatic rings. The van der Waals surface area contributed by atoms with Crippen molar-refractivity contribution in [3.63, 3.8) is 0 Å². The number of nitrogens with one attached hydrogen (secondary N) is 2. The second-order valence-electron chi connectivity index (χ2n) is 6.74. The molecule has 0 bridgehead atoms. The summed E-state index contributed by atoms with van der Waals surface area (Å²) in [6.07, 6.45) is 2.77. The Morgan fingerprint density at radius 1 is 1.11 bits per heavy atom. The van der Waals surface area contributed by atoms with Gasteiger partial charge in [-0.15, -0.1) is 0 Å². The predicted octanol–water partition coefficient (Wildman–Crippen LogP) is 3.99. The molecule has 6 nitrogen and oxygen atoms in total. The molecule has 0 aromatic heterocycles. The Morgan fingerprint density at radius 2 is 1.79 bits per heavy atom. The lowest BCUT2D eigenvalue weighted by atomic mass is 10.1. The number of benzene rings is 2. The zero-order chi connectivity index (χ0) is 20.1. The molecule has 2 aromatic carbocycles. The monoisotopic (exact) mass is 465 g/mol. The molecule has 2 aromatic rings. The first-order chi connectivity index (χ1) is 13.4. The lowest BCUT2D eigenvalue weighted by Gasteiger charge is -2.22. The van der Waals surface area contributed by atoms with E-state index in [1.54, 1.807) is 24.3 Å². The summed E-state index contributed by atoms with van der Waals surface area (Å²) in [6, 6.07) is 12.1. The molecular weight excluding hydrogens is 442 g/mol. The first-order valence-electron chi connectivity index (χ1n) is 9.36. The lowest BCUT2D eigenvalue weighted by Crippen LogP contribution is -2.28. The van der Waals surface area contributed by atoms with Crippen molar-refractivity contribution in [3.8, 4) is 0 Å². The number of carbonyl (C=O) groups is 1. The molecule has 0 radical (unpaired) electrons. The number of hydrogen-bond acceptors (Lipinski definition) is 4. The zero-order valence-corrected chi connectivity index (χ0v) is 18.1. The molecular formula is C20H24BrN3O3S. The number of rotatable bonds is 7. The van der Waals surface area contributed by atoms with Gasteiger partial charge < -0.3 is 10.2 Å². The van der Waals surface area contributed by atoms with E-state index in [1.165, 1.54) is 6.07 Å². The van der Waals surface area contributed by atoms with Gasteiger partial charge in [0.2, 0.25) is 10.0 Å². The highest BCUT2D eigenvalue weighted by atomic mass is 79.9. The predicted molar refractivity (Wildman–Crippen MR) is 115 cm³/mol. The third-order valence-corrected chi connectivity index (χ3v) is 6.62. The highest BCUT2D eigenvalue weighted by molar-refractivity contribution is 9.10. The molecule has 0 unspecified atom stereocenters. The van der Waals surface area contributed by atoms with Gasteiger partial charge in [-0.05, 0) is 61.7 Å². The van der Waals surface area contributed by atoms with Gasteiger partial charge in [0.15, 0.2) is 0 Å². The van der Waals surface area contributed by atoms with E-state index in [9.17, 15) is 13.2 Å². The van der Waals surface area contributed by atoms with Gasteiger partial charge in [0, 0.05) is 35.4 Å². The fourth-order valence-electron chi connectivity index (χ4n) is 3.14. The number of amides is 1. The van der Waals surface area contributed by atoms with Gasteiger partial charge in [0.1, 0.15) is 4.90 Å². The maximum Gasteiger partial charge on any atom is 0.255 e. The Kier molecular flexibility index (Phi) is 6.74. The summed E-state index contributed by atoms with van der Waals surface area (Å²) >= 11 is 3.36. The van der Waals surface area contributed by atoms with Crippen LogP contribution in [0.4, 0.5) is 11.4 Å². The lowest BCUT2D eigenvalue weighted by molar-refractivity contribution is 0.102. The summed E-state index contributed by atoms with van der Waals surface area (Å²) in [6.45, 7) is 3.91. The fraction of sp³-hybridized carbons (Fsp3) is 0.350. The molecule has 1 aliphatic heterocycles. The Balaban J connectivity index is 1.93. The minimum absolute atomic E-state index is 0.159. The molecule has 0 saturated carbocycles. The van der Waals surface area contributed by atoms with E-state index in [4.69, 9.17) is 0 Å². The van der Waals surface area contributed by atoms with Crippen LogP contribution in [0, 0.1) is 0 Å². The molecule has 28 heavy (non-hydrogen) atoms. The van der Waals surface area contributed by atoms with Gasteiger partial charge >= 0.3 is 0 Å². The maximum atomic E-state index is 12.9. The van der Waals surface area contributed by atoms with Crippen molar-refractivity contribution in [2.24, 2.45) is 0 Å². The van der Waals surface area contributed by atoms with Crippen molar-refractivity contribution in [3.05, 3.63) is 52.5 Å². The van der Waals surface area contributed by atoms with Gasteiger partial charge in [-0.1, -0.05) is 22.9 Å². The molecule has 0 spiro atoms. The van der Waals surface area contributed by atoms with Crippen LogP contribution < -0.4 is 14.9 Å². The quantitative estimate of drug-likeness (QED) is 0.647. The van der Waals surface area contributed by atoms with Crippen molar-refractivity contribution in [1.82, 2.24) is 4.72 Å². The first kappa shape index (κ1) is 20.8. The Bertz CT molecular complexity index is 940. The SMILES string of the molecule is CCCNS(=O)(=O)c1cc(C(=O)Nc2ccc(Br)cc2)ccc1N1CCCC1. The summed E-state index contributed by atoms with van der Waals surface area (Å²) in [5.41, 5.74) is 1.61. The second kappa shape index (κ2) is 9.07. The number of carbonyl (C=O) groups excluding carboxylic acids is 1. The van der Waals surface area contributed by atoms with Crippen molar-refractivity contribution in [1.29, 1.82) is 0 Å². The third-order valence-electron chi connectivity index (χ3n) is 4.60. The van der Waals surface area contributed by atoms with Crippen molar-refractivity contribution in [2.45, 2.75) is 31.1 Å². The van der Waals surface area contributed by atoms with E-state index in [2.05, 4.69) is 30.9 Å². The van der Waals surface area contributed by atoms with Crippen LogP contribution in [-0.4, -0.2) is 34.0 Å². The Labute approximate surface area is 174 Å². The second-order valence-corrected chi connectivity index (χ2v) is 9.39. The van der Waals surface area contributed by atoms with Crippen molar-refractivity contribution < 1.29 is 13.2 Å². The van der Waals surface area contributed by atoms with Crippen LogP contribution in [0.3, 0.4) is 0 Å². The minimum atomic E-state index is -3.70. The molecule has 0 aliphatic carbocycles. The average Bonchev–Trinajstić information content (AvgIpc) is 3.22. The Hall–Kier alpha value is -1.90. The number of hydrogen-bond donors (Lipinski definition) is 2. The molecule has 1 saturated heterocycles. The highest BCUT2D eigenvalue weighted by Gasteiger charge is 2.25. The number of anilines is 2. The highest BCUT2D eigenvalue weighted by Crippen LogP contribution is 2.29. The molecule has 1 fully saturated rings. The molecule has 150 valence electrons. The standard InChI is InChI=1S/C20H24BrN3O3S/c1-2-11-22-28(26,27)19-14-15(5-10-18(19)24-12-3-4-13-24)20(25)23-17-8-6-16(21)7-9-17/h5-10,14,22H,2-4,11-13H2,1H3,(H,23,25). The molecule has 3 rings (SSSR count). The topological polar surface area (TPSA) is 78.5 Å². The average molecular weight is 466 g/mol. The molecule has 2 N–H and O–H groups in total. The van der Waals surface area contributed by atoms with E-state index >= 15 is 0 Å². The number of nitrogens with zero attached hydrogens (tertiary/aromatic N) is 1. The Morgan fingerprint density at radius 3 is 2.43 bits per heavy atom. The first-order valence-corrected chi connectivity index (χ1v) is 11.6. The maximum absolute atomic E-state index is 12.9. The van der Waals surface area contributed by atoms with Gasteiger partial charge in [0.05, 0.1) is 5.69 Å². The normalized spacial score (nSPS) is 14.3. The van der Waals surface area contributed by atoms with Crippen LogP contribution in [0.5, 0.6) is 0 Å². The smallest absolute Gasteiger partial charge is 0.255 e. The van der Waals surface area contributed by atoms with Crippen LogP contribution in [0.1, 0.15) is 36.5 Å². The summed E-state index contributed by atoms with van der Waals surface area (Å²) < 4.78 is 29.3. The van der Waals surface area contributed by atoms with Gasteiger partial charge in [0.25, 0.3) is 5.91 Å². The molecule has 1 heterocycles. The van der Waals surface area contributed by atoms with E-state index in [1.807, 2.05) is 19.1 Å². The molecule has 0 atom stereocenters. The third kappa shape index (κ3) is 4.92. The van der Waals surface area contributed by atoms with Crippen molar-refractivity contribution >= 4 is 43.2 Å². The van der Waals surface area contributed by atoms with Crippen LogP contribution in [0.2, 0.25) is 0 Å². The number of halogens is 1.